The van der Waals surface area contributed by atoms with E-state index in [1.54, 1.807) is 19.4 Å². The van der Waals surface area contributed by atoms with Crippen LogP contribution >= 0.6 is 15.6 Å². The summed E-state index contributed by atoms with van der Waals surface area (Å²) in [5.41, 5.74) is 2.18. The van der Waals surface area contributed by atoms with Crippen molar-refractivity contribution in [2.75, 3.05) is 13.7 Å². The fourth-order valence-electron chi connectivity index (χ4n) is 1.66. The van der Waals surface area contributed by atoms with E-state index in [9.17, 15) is 9.13 Å². The lowest BCUT2D eigenvalue weighted by Gasteiger charge is -2.11. The van der Waals surface area contributed by atoms with E-state index >= 15 is 0 Å². The van der Waals surface area contributed by atoms with Gasteiger partial charge in [-0.3, -0.25) is 4.52 Å². The first kappa shape index (κ1) is 23.3. The number of phosphoric ester groups is 1. The fourth-order valence-corrected chi connectivity index (χ4v) is 3.18. The maximum Gasteiger partial charge on any atom is 0.481 e. The molecule has 8 nitrogen and oxygen atoms in total. The summed E-state index contributed by atoms with van der Waals surface area (Å²) in [6.45, 7) is 3.61. The molecule has 0 rings (SSSR count). The van der Waals surface area contributed by atoms with E-state index in [0.717, 1.165) is 31.3 Å². The summed E-state index contributed by atoms with van der Waals surface area (Å²) < 4.78 is 34.7. The van der Waals surface area contributed by atoms with Gasteiger partial charge in [0.2, 0.25) is 0 Å². The van der Waals surface area contributed by atoms with Gasteiger partial charge in [0, 0.05) is 0 Å². The highest BCUT2D eigenvalue weighted by atomic mass is 31.3. The van der Waals surface area contributed by atoms with Gasteiger partial charge in [0.1, 0.15) is 0 Å². The van der Waals surface area contributed by atoms with Crippen LogP contribution < -0.4 is 0 Å². The SMILES string of the molecule is CO/C=C/CC/C(C)=C/CC/C(C)=C/COP(=O)(O)OP(=O)(O)O. The number of rotatable bonds is 12. The summed E-state index contributed by atoms with van der Waals surface area (Å²) in [5, 5.41) is 0. The Labute approximate surface area is 142 Å². The van der Waals surface area contributed by atoms with Crippen LogP contribution in [0, 0.1) is 0 Å². The average Bonchev–Trinajstić information content (AvgIpc) is 2.40. The van der Waals surface area contributed by atoms with Crippen molar-refractivity contribution in [3.05, 3.63) is 35.6 Å². The van der Waals surface area contributed by atoms with Crippen LogP contribution in [0.25, 0.3) is 0 Å². The van der Waals surface area contributed by atoms with Gasteiger partial charge in [-0.2, -0.15) is 4.31 Å². The van der Waals surface area contributed by atoms with Crippen molar-refractivity contribution in [3.8, 4) is 0 Å². The lowest BCUT2D eigenvalue weighted by molar-refractivity contribution is 0.191. The minimum absolute atomic E-state index is 0.274. The van der Waals surface area contributed by atoms with Crippen molar-refractivity contribution in [1.82, 2.24) is 0 Å². The molecule has 0 aromatic rings. The van der Waals surface area contributed by atoms with Gasteiger partial charge in [0.05, 0.1) is 20.0 Å². The first-order valence-electron chi connectivity index (χ1n) is 7.29. The van der Waals surface area contributed by atoms with Crippen LogP contribution in [0.5, 0.6) is 0 Å². The van der Waals surface area contributed by atoms with Crippen LogP contribution in [0.2, 0.25) is 0 Å². The zero-order valence-electron chi connectivity index (χ0n) is 14.1. The molecule has 24 heavy (non-hydrogen) atoms. The fraction of sp³-hybridized carbons (Fsp3) is 0.571. The van der Waals surface area contributed by atoms with E-state index in [-0.39, 0.29) is 6.61 Å². The first-order chi connectivity index (χ1) is 11.1. The van der Waals surface area contributed by atoms with Crippen LogP contribution in [0.15, 0.2) is 35.6 Å². The van der Waals surface area contributed by atoms with Gasteiger partial charge in [0.15, 0.2) is 0 Å². The Kier molecular flexibility index (Phi) is 11.4. The Hall–Kier alpha value is -0.720. The van der Waals surface area contributed by atoms with Gasteiger partial charge < -0.3 is 19.4 Å². The van der Waals surface area contributed by atoms with Crippen LogP contribution in [0.1, 0.15) is 39.5 Å². The molecule has 0 fully saturated rings. The molecule has 0 saturated carbocycles. The molecule has 3 N–H and O–H groups in total. The smallest absolute Gasteiger partial charge is 0.481 e. The third kappa shape index (κ3) is 14.8. The molecule has 0 aliphatic heterocycles. The Morgan fingerprint density at radius 1 is 1.00 bits per heavy atom. The zero-order chi connectivity index (χ0) is 18.6. The average molecular weight is 384 g/mol. The molecule has 140 valence electrons. The molecule has 0 amide bonds. The van der Waals surface area contributed by atoms with Crippen molar-refractivity contribution < 1.29 is 37.4 Å². The van der Waals surface area contributed by atoms with E-state index < -0.39 is 15.6 Å². The predicted molar refractivity (Wildman–Crippen MR) is 91.0 cm³/mol. The molecule has 0 radical (unpaired) electrons. The monoisotopic (exact) mass is 384 g/mol. The normalized spacial score (nSPS) is 16.4. The molecule has 0 aliphatic carbocycles. The van der Waals surface area contributed by atoms with E-state index in [0.29, 0.717) is 0 Å². The van der Waals surface area contributed by atoms with E-state index in [2.05, 4.69) is 14.9 Å². The topological polar surface area (TPSA) is 123 Å². The predicted octanol–water partition coefficient (Wildman–Crippen LogP) is 3.83. The Morgan fingerprint density at radius 3 is 2.17 bits per heavy atom. The van der Waals surface area contributed by atoms with E-state index in [1.165, 1.54) is 5.57 Å². The minimum atomic E-state index is -5.07. The van der Waals surface area contributed by atoms with Crippen LogP contribution in [-0.4, -0.2) is 28.4 Å². The molecule has 1 atom stereocenters. The summed E-state index contributed by atoms with van der Waals surface area (Å²) in [6, 6.07) is 0. The molecule has 0 spiro atoms. The van der Waals surface area contributed by atoms with E-state index in [4.69, 9.17) is 19.4 Å². The number of hydrogen-bond acceptors (Lipinski definition) is 5. The highest BCUT2D eigenvalue weighted by Gasteiger charge is 2.31. The second-order valence-electron chi connectivity index (χ2n) is 5.12. The third-order valence-electron chi connectivity index (χ3n) is 2.85. The van der Waals surface area contributed by atoms with Gasteiger partial charge in [-0.05, 0) is 45.6 Å². The summed E-state index contributed by atoms with van der Waals surface area (Å²) in [6.07, 6.45) is 10.7. The molecule has 0 bridgehead atoms. The third-order valence-corrected chi connectivity index (χ3v) is 5.00. The van der Waals surface area contributed by atoms with Gasteiger partial charge in [-0.25, -0.2) is 9.13 Å². The Morgan fingerprint density at radius 2 is 1.58 bits per heavy atom. The highest BCUT2D eigenvalue weighted by molar-refractivity contribution is 7.60. The zero-order valence-corrected chi connectivity index (χ0v) is 15.9. The lowest BCUT2D eigenvalue weighted by Crippen LogP contribution is -1.94. The molecule has 10 heteroatoms. The van der Waals surface area contributed by atoms with Crippen molar-refractivity contribution in [1.29, 1.82) is 0 Å². The molecule has 0 aromatic heterocycles. The number of hydrogen-bond donors (Lipinski definition) is 3. The summed E-state index contributed by atoms with van der Waals surface area (Å²) in [4.78, 5) is 26.0. The molecular formula is C14H26O8P2. The summed E-state index contributed by atoms with van der Waals surface area (Å²) in [7, 11) is -8.24. The maximum absolute atomic E-state index is 11.2. The highest BCUT2D eigenvalue weighted by Crippen LogP contribution is 2.57. The number of ether oxygens (including phenoxy) is 1. The van der Waals surface area contributed by atoms with Gasteiger partial charge >= 0.3 is 15.6 Å². The lowest BCUT2D eigenvalue weighted by atomic mass is 10.1. The molecular weight excluding hydrogens is 358 g/mol. The Balaban J connectivity index is 4.13. The first-order valence-corrected chi connectivity index (χ1v) is 10.3. The Bertz CT molecular complexity index is 547. The second-order valence-corrected chi connectivity index (χ2v) is 7.95. The standard InChI is InChI=1S/C14H26O8P2/c1-13(7-4-5-11-20-3)8-6-9-14(2)10-12-21-24(18,19)22-23(15,16)17/h5,8,10-11H,4,6-7,9,12H2,1-3H3,(H,18,19)(H2,15,16,17)/b11-5+,13-8+,14-10+. The minimum Gasteiger partial charge on any atom is -0.505 e. The van der Waals surface area contributed by atoms with Crippen molar-refractivity contribution >= 4 is 15.6 Å². The van der Waals surface area contributed by atoms with E-state index in [1.807, 2.05) is 19.9 Å². The number of methoxy groups -OCH3 is 1. The number of allylic oxidation sites excluding steroid dienone is 4. The van der Waals surface area contributed by atoms with Crippen molar-refractivity contribution in [2.45, 2.75) is 39.5 Å². The van der Waals surface area contributed by atoms with Crippen LogP contribution in [0.4, 0.5) is 0 Å². The second kappa shape index (κ2) is 11.8. The largest absolute Gasteiger partial charge is 0.505 e. The molecule has 1 unspecified atom stereocenters. The summed E-state index contributed by atoms with van der Waals surface area (Å²) in [5.74, 6) is 0. The molecule has 0 aromatic carbocycles. The van der Waals surface area contributed by atoms with Gasteiger partial charge in [-0.1, -0.05) is 23.3 Å². The van der Waals surface area contributed by atoms with Crippen LogP contribution in [0.3, 0.4) is 0 Å². The number of phosphoric acid groups is 2. The van der Waals surface area contributed by atoms with Gasteiger partial charge in [0.25, 0.3) is 0 Å². The maximum atomic E-state index is 11.2. The van der Waals surface area contributed by atoms with Crippen molar-refractivity contribution in [3.63, 3.8) is 0 Å². The van der Waals surface area contributed by atoms with Crippen molar-refractivity contribution in [2.24, 2.45) is 0 Å². The molecule has 0 heterocycles. The van der Waals surface area contributed by atoms with Gasteiger partial charge in [-0.15, -0.1) is 0 Å². The molecule has 0 aliphatic rings. The molecule has 0 saturated heterocycles. The summed E-state index contributed by atoms with van der Waals surface area (Å²) >= 11 is 0. The quantitative estimate of drug-likeness (QED) is 0.264. The van der Waals surface area contributed by atoms with Crippen LogP contribution in [-0.2, 0) is 22.7 Å².